The second-order valence-electron chi connectivity index (χ2n) is 8.70. The van der Waals surface area contributed by atoms with Crippen LogP contribution in [0, 0.1) is 17.0 Å². The van der Waals surface area contributed by atoms with Gasteiger partial charge < -0.3 is 23.8 Å². The molecule has 3 aromatic rings. The summed E-state index contributed by atoms with van der Waals surface area (Å²) in [6, 6.07) is 14.2. The molecule has 10 heteroatoms. The number of esters is 1. The number of hydrogen-bond donors (Lipinski definition) is 0. The molecule has 0 radical (unpaired) electrons. The molecular weight excluding hydrogens is 492 g/mol. The minimum atomic E-state index is -0.523. The third-order valence-corrected chi connectivity index (χ3v) is 6.68. The largest absolute Gasteiger partial charge is 0.493 e. The molecular formula is C28H28N2O8. The van der Waals surface area contributed by atoms with Crippen LogP contribution in [0.5, 0.6) is 17.2 Å². The molecule has 1 heterocycles. The molecule has 10 nitrogen and oxygen atoms in total. The van der Waals surface area contributed by atoms with E-state index in [1.54, 1.807) is 49.3 Å². The highest BCUT2D eigenvalue weighted by Crippen LogP contribution is 2.39. The number of ether oxygens (including phenoxy) is 4. The molecule has 4 rings (SSSR count). The van der Waals surface area contributed by atoms with Crippen LogP contribution in [-0.4, -0.2) is 56.2 Å². The van der Waals surface area contributed by atoms with E-state index < -0.39 is 16.9 Å². The highest BCUT2D eigenvalue weighted by molar-refractivity contribution is 5.97. The summed E-state index contributed by atoms with van der Waals surface area (Å²) in [5.41, 5.74) is 2.65. The summed E-state index contributed by atoms with van der Waals surface area (Å²) in [6.45, 7) is 2.05. The van der Waals surface area contributed by atoms with Crippen molar-refractivity contribution in [2.24, 2.45) is 0 Å². The van der Waals surface area contributed by atoms with E-state index in [2.05, 4.69) is 0 Å². The smallest absolute Gasteiger partial charge is 0.337 e. The van der Waals surface area contributed by atoms with Crippen LogP contribution in [0.2, 0.25) is 0 Å². The van der Waals surface area contributed by atoms with Crippen LogP contribution in [-0.2, 0) is 11.2 Å². The van der Waals surface area contributed by atoms with Crippen LogP contribution < -0.4 is 14.2 Å². The van der Waals surface area contributed by atoms with E-state index >= 15 is 0 Å². The molecule has 38 heavy (non-hydrogen) atoms. The minimum absolute atomic E-state index is 0.0970. The number of rotatable bonds is 8. The molecule has 3 aromatic carbocycles. The summed E-state index contributed by atoms with van der Waals surface area (Å²) in [5, 5.41) is 11.5. The van der Waals surface area contributed by atoms with Gasteiger partial charge >= 0.3 is 5.97 Å². The van der Waals surface area contributed by atoms with Crippen molar-refractivity contribution in [1.82, 2.24) is 4.90 Å². The Morgan fingerprint density at radius 1 is 1.03 bits per heavy atom. The molecule has 1 amide bonds. The predicted molar refractivity (Wildman–Crippen MR) is 138 cm³/mol. The van der Waals surface area contributed by atoms with Gasteiger partial charge in [0.05, 0.1) is 37.9 Å². The SMILES string of the molecule is COC(=O)c1ccc(OC[C@H]2c3cc(OC)c(OC)cc3CCN2C(=O)c2cccc([N+](=O)[O-])c2C)cc1. The van der Waals surface area contributed by atoms with E-state index in [0.717, 1.165) is 11.1 Å². The number of hydrogen-bond acceptors (Lipinski definition) is 8. The number of methoxy groups -OCH3 is 3. The second kappa shape index (κ2) is 11.2. The van der Waals surface area contributed by atoms with Gasteiger partial charge in [0.15, 0.2) is 11.5 Å². The fraction of sp³-hybridized carbons (Fsp3) is 0.286. The standard InChI is InChI=1S/C28H28N2O8/c1-17-21(6-5-7-23(17)30(33)34)27(31)29-13-12-19-14-25(35-2)26(36-3)15-22(19)24(29)16-38-20-10-8-18(9-11-20)28(32)37-4/h5-11,14-15,24H,12-13,16H2,1-4H3/t24-/m0/s1. The molecule has 198 valence electrons. The molecule has 1 aliphatic rings. The molecule has 0 aromatic heterocycles. The van der Waals surface area contributed by atoms with E-state index in [-0.39, 0.29) is 23.8 Å². The highest BCUT2D eigenvalue weighted by Gasteiger charge is 2.34. The number of nitro benzene ring substituents is 1. The van der Waals surface area contributed by atoms with Crippen molar-refractivity contribution in [2.75, 3.05) is 34.5 Å². The van der Waals surface area contributed by atoms with Gasteiger partial charge in [0.1, 0.15) is 12.4 Å². The summed E-state index contributed by atoms with van der Waals surface area (Å²) in [6.07, 6.45) is 0.555. The molecule has 0 spiro atoms. The van der Waals surface area contributed by atoms with Crippen molar-refractivity contribution >= 4 is 17.6 Å². The lowest BCUT2D eigenvalue weighted by Crippen LogP contribution is -2.42. The summed E-state index contributed by atoms with van der Waals surface area (Å²) < 4.78 is 21.8. The first-order chi connectivity index (χ1) is 18.3. The minimum Gasteiger partial charge on any atom is -0.493 e. The summed E-state index contributed by atoms with van der Waals surface area (Å²) in [5.74, 6) is 0.812. The third kappa shape index (κ3) is 5.10. The molecule has 0 unspecified atom stereocenters. The van der Waals surface area contributed by atoms with Gasteiger partial charge in [-0.3, -0.25) is 14.9 Å². The third-order valence-electron chi connectivity index (χ3n) is 6.68. The lowest BCUT2D eigenvalue weighted by molar-refractivity contribution is -0.385. The Morgan fingerprint density at radius 3 is 2.34 bits per heavy atom. The molecule has 0 N–H and O–H groups in total. The van der Waals surface area contributed by atoms with Gasteiger partial charge in [-0.25, -0.2) is 4.79 Å². The van der Waals surface area contributed by atoms with Gasteiger partial charge in [0, 0.05) is 23.7 Å². The van der Waals surface area contributed by atoms with E-state index in [9.17, 15) is 19.7 Å². The van der Waals surface area contributed by atoms with Crippen molar-refractivity contribution in [2.45, 2.75) is 19.4 Å². The number of nitro groups is 1. The van der Waals surface area contributed by atoms with Gasteiger partial charge in [-0.2, -0.15) is 0 Å². The molecule has 0 aliphatic carbocycles. The molecule has 0 saturated heterocycles. The van der Waals surface area contributed by atoms with Gasteiger partial charge in [-0.1, -0.05) is 6.07 Å². The van der Waals surface area contributed by atoms with Crippen molar-refractivity contribution in [3.05, 3.63) is 92.5 Å². The fourth-order valence-electron chi connectivity index (χ4n) is 4.64. The van der Waals surface area contributed by atoms with Crippen LogP contribution >= 0.6 is 0 Å². The van der Waals surface area contributed by atoms with Crippen LogP contribution in [0.15, 0.2) is 54.6 Å². The van der Waals surface area contributed by atoms with E-state index in [1.807, 2.05) is 12.1 Å². The zero-order valence-corrected chi connectivity index (χ0v) is 21.6. The summed E-state index contributed by atoms with van der Waals surface area (Å²) in [4.78, 5) is 38.2. The van der Waals surface area contributed by atoms with E-state index in [0.29, 0.717) is 41.3 Å². The fourth-order valence-corrected chi connectivity index (χ4v) is 4.64. The van der Waals surface area contributed by atoms with Gasteiger partial charge in [0.25, 0.3) is 11.6 Å². The molecule has 0 bridgehead atoms. The maximum atomic E-state index is 13.8. The number of nitrogens with zero attached hydrogens (tertiary/aromatic N) is 2. The predicted octanol–water partition coefficient (Wildman–Crippen LogP) is 4.53. The van der Waals surface area contributed by atoms with Crippen LogP contribution in [0.1, 0.15) is 43.4 Å². The zero-order valence-electron chi connectivity index (χ0n) is 21.6. The number of benzene rings is 3. The van der Waals surface area contributed by atoms with Crippen molar-refractivity contribution < 1.29 is 33.5 Å². The number of carbonyl (C=O) groups is 2. The van der Waals surface area contributed by atoms with Crippen LogP contribution in [0.3, 0.4) is 0 Å². The molecule has 1 atom stereocenters. The first-order valence-corrected chi connectivity index (χ1v) is 11.9. The van der Waals surface area contributed by atoms with E-state index in [4.69, 9.17) is 18.9 Å². The van der Waals surface area contributed by atoms with Crippen molar-refractivity contribution in [1.29, 1.82) is 0 Å². The van der Waals surface area contributed by atoms with Crippen LogP contribution in [0.25, 0.3) is 0 Å². The number of fused-ring (bicyclic) bond motifs is 1. The maximum Gasteiger partial charge on any atom is 0.337 e. The first kappa shape index (κ1) is 26.5. The average Bonchev–Trinajstić information content (AvgIpc) is 2.94. The van der Waals surface area contributed by atoms with Crippen molar-refractivity contribution in [3.8, 4) is 17.2 Å². The Hall–Kier alpha value is -4.60. The lowest BCUT2D eigenvalue weighted by atomic mass is 9.91. The van der Waals surface area contributed by atoms with Crippen LogP contribution in [0.4, 0.5) is 5.69 Å². The van der Waals surface area contributed by atoms with Gasteiger partial charge in [0.2, 0.25) is 0 Å². The Labute approximate surface area is 219 Å². The zero-order chi connectivity index (χ0) is 27.4. The molecule has 0 fully saturated rings. The second-order valence-corrected chi connectivity index (χ2v) is 8.70. The molecule has 1 aliphatic heterocycles. The Bertz CT molecular complexity index is 1370. The molecule has 0 saturated carbocycles. The normalized spacial score (nSPS) is 14.3. The number of amides is 1. The lowest BCUT2D eigenvalue weighted by Gasteiger charge is -2.38. The quantitative estimate of drug-likeness (QED) is 0.242. The topological polar surface area (TPSA) is 117 Å². The van der Waals surface area contributed by atoms with Crippen molar-refractivity contribution in [3.63, 3.8) is 0 Å². The average molecular weight is 521 g/mol. The maximum absolute atomic E-state index is 13.8. The Kier molecular flexibility index (Phi) is 7.80. The highest BCUT2D eigenvalue weighted by atomic mass is 16.6. The monoisotopic (exact) mass is 520 g/mol. The Morgan fingerprint density at radius 2 is 1.71 bits per heavy atom. The first-order valence-electron chi connectivity index (χ1n) is 11.9. The summed E-state index contributed by atoms with van der Waals surface area (Å²) >= 11 is 0. The van der Waals surface area contributed by atoms with E-state index in [1.165, 1.54) is 26.4 Å². The Balaban J connectivity index is 1.71. The van der Waals surface area contributed by atoms with Gasteiger partial charge in [-0.05, 0) is 66.9 Å². The number of carbonyl (C=O) groups excluding carboxylic acids is 2. The van der Waals surface area contributed by atoms with Gasteiger partial charge in [-0.15, -0.1) is 0 Å². The summed E-state index contributed by atoms with van der Waals surface area (Å²) in [7, 11) is 4.41.